The number of thiophene rings is 1. The Kier molecular flexibility index (Phi) is 5.27. The van der Waals surface area contributed by atoms with Gasteiger partial charge in [0.25, 0.3) is 0 Å². The molecule has 17 heavy (non-hydrogen) atoms. The van der Waals surface area contributed by atoms with E-state index < -0.39 is 0 Å². The van der Waals surface area contributed by atoms with Crippen LogP contribution in [-0.4, -0.2) is 28.0 Å². The van der Waals surface area contributed by atoms with E-state index in [4.69, 9.17) is 5.73 Å². The van der Waals surface area contributed by atoms with E-state index in [0.29, 0.717) is 16.5 Å². The quantitative estimate of drug-likeness (QED) is 0.919. The van der Waals surface area contributed by atoms with Crippen molar-refractivity contribution in [2.24, 2.45) is 5.73 Å². The fourth-order valence-electron chi connectivity index (χ4n) is 2.19. The first-order chi connectivity index (χ1) is 8.20. The molecule has 1 aromatic heterocycles. The molecule has 1 fully saturated rings. The third-order valence-electron chi connectivity index (χ3n) is 3.16. The standard InChI is InChI=1S/C13H21NS3/c1-3-10-4-5-11(17-10)8-12(14)13-9(2)15-6-7-16-13/h4-5,9,12-13H,3,6-8,14H2,1-2H3. The van der Waals surface area contributed by atoms with Crippen LogP contribution in [0.2, 0.25) is 0 Å². The van der Waals surface area contributed by atoms with E-state index >= 15 is 0 Å². The number of hydrogen-bond donors (Lipinski definition) is 1. The highest BCUT2D eigenvalue weighted by Gasteiger charge is 2.28. The maximum atomic E-state index is 6.39. The third kappa shape index (κ3) is 3.66. The number of thioether (sulfide) groups is 2. The van der Waals surface area contributed by atoms with Crippen molar-refractivity contribution in [1.29, 1.82) is 0 Å². The van der Waals surface area contributed by atoms with Gasteiger partial charge in [-0.05, 0) is 25.0 Å². The SMILES string of the molecule is CCc1ccc(CC(N)C2SCCSC2C)s1. The van der Waals surface area contributed by atoms with E-state index in [2.05, 4.69) is 49.5 Å². The zero-order chi connectivity index (χ0) is 12.3. The largest absolute Gasteiger partial charge is 0.326 e. The molecule has 4 heteroatoms. The van der Waals surface area contributed by atoms with Crippen LogP contribution in [0.1, 0.15) is 23.6 Å². The van der Waals surface area contributed by atoms with Crippen molar-refractivity contribution < 1.29 is 0 Å². The van der Waals surface area contributed by atoms with Gasteiger partial charge in [0.1, 0.15) is 0 Å². The summed E-state index contributed by atoms with van der Waals surface area (Å²) in [5, 5.41) is 1.33. The lowest BCUT2D eigenvalue weighted by molar-refractivity contribution is 0.626. The molecule has 1 nitrogen and oxygen atoms in total. The van der Waals surface area contributed by atoms with Gasteiger partial charge in [-0.2, -0.15) is 23.5 Å². The molecule has 0 spiro atoms. The second-order valence-electron chi connectivity index (χ2n) is 4.50. The van der Waals surface area contributed by atoms with Crippen LogP contribution in [0.5, 0.6) is 0 Å². The van der Waals surface area contributed by atoms with Crippen molar-refractivity contribution in [1.82, 2.24) is 0 Å². The molecule has 2 rings (SSSR count). The maximum absolute atomic E-state index is 6.39. The highest BCUT2D eigenvalue weighted by molar-refractivity contribution is 8.07. The average molecular weight is 288 g/mol. The van der Waals surface area contributed by atoms with E-state index in [1.54, 1.807) is 0 Å². The Balaban J connectivity index is 1.93. The summed E-state index contributed by atoms with van der Waals surface area (Å²) in [6, 6.07) is 4.82. The Morgan fingerprint density at radius 3 is 2.65 bits per heavy atom. The van der Waals surface area contributed by atoms with Gasteiger partial charge in [0.15, 0.2) is 0 Å². The number of hydrogen-bond acceptors (Lipinski definition) is 4. The number of rotatable bonds is 4. The predicted octanol–water partition coefficient (Wildman–Crippen LogP) is 3.42. The predicted molar refractivity (Wildman–Crippen MR) is 83.5 cm³/mol. The van der Waals surface area contributed by atoms with E-state index in [9.17, 15) is 0 Å². The molecule has 3 unspecified atom stereocenters. The van der Waals surface area contributed by atoms with Crippen LogP contribution in [-0.2, 0) is 12.8 Å². The lowest BCUT2D eigenvalue weighted by Crippen LogP contribution is -2.41. The van der Waals surface area contributed by atoms with E-state index in [1.807, 2.05) is 11.3 Å². The second kappa shape index (κ2) is 6.50. The van der Waals surface area contributed by atoms with Gasteiger partial charge in [0.05, 0.1) is 0 Å². The minimum Gasteiger partial charge on any atom is -0.326 e. The first kappa shape index (κ1) is 13.8. The van der Waals surface area contributed by atoms with Gasteiger partial charge in [0.2, 0.25) is 0 Å². The van der Waals surface area contributed by atoms with E-state index in [0.717, 1.165) is 12.8 Å². The van der Waals surface area contributed by atoms with Gasteiger partial charge >= 0.3 is 0 Å². The molecular formula is C13H21NS3. The monoisotopic (exact) mass is 287 g/mol. The molecule has 0 aliphatic carbocycles. The fourth-order valence-corrected chi connectivity index (χ4v) is 6.11. The zero-order valence-corrected chi connectivity index (χ0v) is 13.0. The Morgan fingerprint density at radius 1 is 1.29 bits per heavy atom. The third-order valence-corrected chi connectivity index (χ3v) is 7.69. The Hall–Kier alpha value is 0.360. The number of nitrogens with two attached hydrogens (primary N) is 1. The lowest BCUT2D eigenvalue weighted by Gasteiger charge is -2.32. The molecule has 1 aliphatic heterocycles. The normalized spacial score (nSPS) is 27.0. The Morgan fingerprint density at radius 2 is 2.00 bits per heavy atom. The summed E-state index contributed by atoms with van der Waals surface area (Å²) >= 11 is 6.08. The van der Waals surface area contributed by atoms with Gasteiger partial charge in [-0.1, -0.05) is 13.8 Å². The molecule has 1 saturated heterocycles. The minimum absolute atomic E-state index is 0.311. The van der Waals surface area contributed by atoms with Crippen LogP contribution in [0, 0.1) is 0 Å². The van der Waals surface area contributed by atoms with E-state index in [1.165, 1.54) is 21.3 Å². The van der Waals surface area contributed by atoms with Gasteiger partial charge in [0, 0.05) is 37.8 Å². The zero-order valence-electron chi connectivity index (χ0n) is 10.5. The maximum Gasteiger partial charge on any atom is 0.0318 e. The second-order valence-corrected chi connectivity index (χ2v) is 8.52. The Labute approximate surface area is 117 Å². The smallest absolute Gasteiger partial charge is 0.0318 e. The molecule has 0 saturated carbocycles. The molecule has 0 bridgehead atoms. The molecule has 1 aromatic rings. The summed E-state index contributed by atoms with van der Waals surface area (Å²) < 4.78 is 0. The van der Waals surface area contributed by atoms with Gasteiger partial charge in [-0.25, -0.2) is 0 Å². The van der Waals surface area contributed by atoms with Crippen molar-refractivity contribution in [3.63, 3.8) is 0 Å². The first-order valence-corrected chi connectivity index (χ1v) is 9.18. The number of aryl methyl sites for hydroxylation is 1. The summed E-state index contributed by atoms with van der Waals surface area (Å²) in [4.78, 5) is 2.93. The summed E-state index contributed by atoms with van der Waals surface area (Å²) in [6.07, 6.45) is 2.19. The molecule has 96 valence electrons. The van der Waals surface area contributed by atoms with Gasteiger partial charge in [-0.15, -0.1) is 11.3 Å². The fraction of sp³-hybridized carbons (Fsp3) is 0.692. The molecular weight excluding hydrogens is 266 g/mol. The summed E-state index contributed by atoms with van der Waals surface area (Å²) in [6.45, 7) is 4.54. The van der Waals surface area contributed by atoms with Gasteiger partial charge in [-0.3, -0.25) is 0 Å². The van der Waals surface area contributed by atoms with Crippen LogP contribution in [0.4, 0.5) is 0 Å². The molecule has 2 N–H and O–H groups in total. The summed E-state index contributed by atoms with van der Waals surface area (Å²) in [7, 11) is 0. The van der Waals surface area contributed by atoms with Crippen molar-refractivity contribution in [2.45, 2.75) is 43.2 Å². The van der Waals surface area contributed by atoms with Crippen molar-refractivity contribution in [3.8, 4) is 0 Å². The molecule has 3 atom stereocenters. The van der Waals surface area contributed by atoms with E-state index in [-0.39, 0.29) is 0 Å². The minimum atomic E-state index is 0.311. The van der Waals surface area contributed by atoms with Crippen LogP contribution < -0.4 is 5.73 Å². The average Bonchev–Trinajstić information content (AvgIpc) is 2.77. The van der Waals surface area contributed by atoms with Crippen LogP contribution in [0.25, 0.3) is 0 Å². The lowest BCUT2D eigenvalue weighted by atomic mass is 10.1. The van der Waals surface area contributed by atoms with Gasteiger partial charge < -0.3 is 5.73 Å². The van der Waals surface area contributed by atoms with Crippen LogP contribution in [0.15, 0.2) is 12.1 Å². The summed E-state index contributed by atoms with van der Waals surface area (Å²) in [5.41, 5.74) is 6.39. The molecule has 0 amide bonds. The van der Waals surface area contributed by atoms with Crippen molar-refractivity contribution in [3.05, 3.63) is 21.9 Å². The first-order valence-electron chi connectivity index (χ1n) is 6.27. The summed E-state index contributed by atoms with van der Waals surface area (Å²) in [5.74, 6) is 2.55. The molecule has 0 radical (unpaired) electrons. The Bertz CT molecular complexity index is 350. The topological polar surface area (TPSA) is 26.0 Å². The van der Waals surface area contributed by atoms with Crippen LogP contribution in [0.3, 0.4) is 0 Å². The highest BCUT2D eigenvalue weighted by atomic mass is 32.2. The van der Waals surface area contributed by atoms with Crippen molar-refractivity contribution in [2.75, 3.05) is 11.5 Å². The molecule has 2 heterocycles. The highest BCUT2D eigenvalue weighted by Crippen LogP contribution is 2.33. The molecule has 0 aromatic carbocycles. The van der Waals surface area contributed by atoms with Crippen LogP contribution >= 0.6 is 34.9 Å². The van der Waals surface area contributed by atoms with Crippen molar-refractivity contribution >= 4 is 34.9 Å². The molecule has 1 aliphatic rings.